The number of anilines is 2. The highest BCUT2D eigenvalue weighted by atomic mass is 32.2. The molecule has 3 N–H and O–H groups in total. The third-order valence-corrected chi connectivity index (χ3v) is 5.97. The molecule has 0 atom stereocenters. The van der Waals surface area contributed by atoms with E-state index in [4.69, 9.17) is 4.74 Å². The van der Waals surface area contributed by atoms with E-state index >= 15 is 0 Å². The Balaban J connectivity index is 1.59. The lowest BCUT2D eigenvalue weighted by Crippen LogP contribution is -2.43. The van der Waals surface area contributed by atoms with Gasteiger partial charge < -0.3 is 20.3 Å². The van der Waals surface area contributed by atoms with Crippen molar-refractivity contribution in [2.45, 2.75) is 4.90 Å². The number of fused-ring (bicyclic) bond motifs is 1. The number of sulfonamides is 1. The summed E-state index contributed by atoms with van der Waals surface area (Å²) in [6.45, 7) is 4.15. The van der Waals surface area contributed by atoms with Gasteiger partial charge in [0.05, 0.1) is 17.0 Å². The Kier molecular flexibility index (Phi) is 5.05. The van der Waals surface area contributed by atoms with Crippen LogP contribution in [0.2, 0.25) is 0 Å². The van der Waals surface area contributed by atoms with Gasteiger partial charge in [0.25, 0.3) is 15.9 Å². The molecule has 4 rings (SSSR count). The number of amides is 1. The summed E-state index contributed by atoms with van der Waals surface area (Å²) in [7, 11) is -3.91. The largest absolute Gasteiger partial charge is 0.491 e. The van der Waals surface area contributed by atoms with Crippen LogP contribution in [0.4, 0.5) is 11.5 Å². The van der Waals surface area contributed by atoms with Gasteiger partial charge in [-0.1, -0.05) is 0 Å². The number of benzene rings is 1. The molecule has 28 heavy (non-hydrogen) atoms. The number of pyridine rings is 1. The third-order valence-electron chi connectivity index (χ3n) is 4.62. The van der Waals surface area contributed by atoms with Crippen molar-refractivity contribution in [3.05, 3.63) is 42.1 Å². The molecule has 1 saturated heterocycles. The summed E-state index contributed by atoms with van der Waals surface area (Å²) >= 11 is 0. The molecule has 2 aliphatic heterocycles. The van der Waals surface area contributed by atoms with Crippen LogP contribution in [0.3, 0.4) is 0 Å². The molecular weight excluding hydrogens is 382 g/mol. The molecule has 2 aromatic rings. The molecule has 1 aromatic heterocycles. The van der Waals surface area contributed by atoms with Crippen LogP contribution < -0.4 is 25.0 Å². The first kappa shape index (κ1) is 18.5. The maximum Gasteiger partial charge on any atom is 0.263 e. The third kappa shape index (κ3) is 3.87. The second-order valence-corrected chi connectivity index (χ2v) is 8.19. The number of hydrogen-bond acceptors (Lipinski definition) is 7. The molecule has 3 heterocycles. The number of hydrogen-bond donors (Lipinski definition) is 3. The Bertz CT molecular complexity index is 989. The molecule has 0 unspecified atom stereocenters. The Labute approximate surface area is 163 Å². The van der Waals surface area contributed by atoms with Gasteiger partial charge in [0.2, 0.25) is 0 Å². The van der Waals surface area contributed by atoms with Gasteiger partial charge in [0.1, 0.15) is 18.2 Å². The van der Waals surface area contributed by atoms with E-state index < -0.39 is 10.0 Å². The number of aromatic nitrogens is 1. The van der Waals surface area contributed by atoms with Crippen LogP contribution >= 0.6 is 0 Å². The fourth-order valence-electron chi connectivity index (χ4n) is 3.19. The van der Waals surface area contributed by atoms with E-state index in [1.54, 1.807) is 12.3 Å². The quantitative estimate of drug-likeness (QED) is 0.678. The Morgan fingerprint density at radius 2 is 1.93 bits per heavy atom. The van der Waals surface area contributed by atoms with Gasteiger partial charge in [-0.3, -0.25) is 9.52 Å². The topological polar surface area (TPSA) is 113 Å². The van der Waals surface area contributed by atoms with Crippen molar-refractivity contribution in [3.63, 3.8) is 0 Å². The van der Waals surface area contributed by atoms with Crippen LogP contribution in [-0.4, -0.2) is 58.6 Å². The first-order valence-electron chi connectivity index (χ1n) is 9.02. The maximum atomic E-state index is 12.8. The maximum absolute atomic E-state index is 12.8. The van der Waals surface area contributed by atoms with E-state index in [-0.39, 0.29) is 22.2 Å². The molecule has 2 aliphatic rings. The Morgan fingerprint density at radius 3 is 2.75 bits per heavy atom. The number of piperazine rings is 1. The van der Waals surface area contributed by atoms with Gasteiger partial charge >= 0.3 is 0 Å². The summed E-state index contributed by atoms with van der Waals surface area (Å²) in [5.41, 5.74) is 1.10. The summed E-state index contributed by atoms with van der Waals surface area (Å²) < 4.78 is 33.6. The van der Waals surface area contributed by atoms with Crippen molar-refractivity contribution in [3.8, 4) is 5.75 Å². The Hall–Kier alpha value is -2.85. The molecule has 0 radical (unpaired) electrons. The van der Waals surface area contributed by atoms with E-state index in [1.807, 2.05) is 6.07 Å². The SMILES string of the molecule is O=C1NCCOc2ccc(S(=O)(=O)Nc3cc(N4CCNCC4)ccn3)cc21. The van der Waals surface area contributed by atoms with Crippen LogP contribution in [0.1, 0.15) is 10.4 Å². The van der Waals surface area contributed by atoms with Crippen LogP contribution in [0.5, 0.6) is 5.75 Å². The van der Waals surface area contributed by atoms with Crippen molar-refractivity contribution in [1.29, 1.82) is 0 Å². The van der Waals surface area contributed by atoms with Crippen molar-refractivity contribution < 1.29 is 17.9 Å². The minimum atomic E-state index is -3.91. The van der Waals surface area contributed by atoms with Crippen LogP contribution in [-0.2, 0) is 10.0 Å². The summed E-state index contributed by atoms with van der Waals surface area (Å²) in [6, 6.07) is 7.80. The van der Waals surface area contributed by atoms with Crippen molar-refractivity contribution in [1.82, 2.24) is 15.6 Å². The molecule has 0 saturated carbocycles. The van der Waals surface area contributed by atoms with Crippen LogP contribution in [0.15, 0.2) is 41.4 Å². The van der Waals surface area contributed by atoms with Gasteiger partial charge in [-0.05, 0) is 24.3 Å². The average Bonchev–Trinajstić information content (AvgIpc) is 2.90. The fraction of sp³-hybridized carbons (Fsp3) is 0.333. The predicted molar refractivity (Wildman–Crippen MR) is 104 cm³/mol. The van der Waals surface area contributed by atoms with E-state index in [2.05, 4.69) is 25.2 Å². The highest BCUT2D eigenvalue weighted by Crippen LogP contribution is 2.26. The lowest BCUT2D eigenvalue weighted by molar-refractivity contribution is 0.0957. The van der Waals surface area contributed by atoms with Gasteiger partial charge in [0.15, 0.2) is 0 Å². The zero-order valence-corrected chi connectivity index (χ0v) is 16.0. The monoisotopic (exact) mass is 403 g/mol. The summed E-state index contributed by atoms with van der Waals surface area (Å²) in [5, 5.41) is 5.95. The molecule has 0 bridgehead atoms. The molecule has 1 amide bonds. The number of nitrogens with one attached hydrogen (secondary N) is 3. The van der Waals surface area contributed by atoms with Crippen LogP contribution in [0.25, 0.3) is 0 Å². The molecule has 0 spiro atoms. The number of rotatable bonds is 4. The normalized spacial score (nSPS) is 17.1. The van der Waals surface area contributed by atoms with Gasteiger partial charge in [-0.2, -0.15) is 0 Å². The molecule has 148 valence electrons. The van der Waals surface area contributed by atoms with E-state index in [1.165, 1.54) is 18.2 Å². The lowest BCUT2D eigenvalue weighted by Gasteiger charge is -2.29. The van der Waals surface area contributed by atoms with Gasteiger partial charge in [-0.15, -0.1) is 0 Å². The number of ether oxygens (including phenoxy) is 1. The van der Waals surface area contributed by atoms with E-state index in [0.29, 0.717) is 18.9 Å². The minimum Gasteiger partial charge on any atom is -0.491 e. The zero-order valence-electron chi connectivity index (χ0n) is 15.1. The Morgan fingerprint density at radius 1 is 1.11 bits per heavy atom. The first-order valence-corrected chi connectivity index (χ1v) is 10.5. The summed E-state index contributed by atoms with van der Waals surface area (Å²) in [5.74, 6) is 0.239. The molecule has 1 aromatic carbocycles. The highest BCUT2D eigenvalue weighted by Gasteiger charge is 2.22. The van der Waals surface area contributed by atoms with Gasteiger partial charge in [0, 0.05) is 44.1 Å². The van der Waals surface area contributed by atoms with Crippen molar-refractivity contribution in [2.24, 2.45) is 0 Å². The molecule has 9 nitrogen and oxygen atoms in total. The molecule has 0 aliphatic carbocycles. The summed E-state index contributed by atoms with van der Waals surface area (Å²) in [6.07, 6.45) is 1.58. The lowest BCUT2D eigenvalue weighted by atomic mass is 10.2. The minimum absolute atomic E-state index is 0.0266. The average molecular weight is 403 g/mol. The van der Waals surface area contributed by atoms with Crippen molar-refractivity contribution in [2.75, 3.05) is 49.0 Å². The predicted octanol–water partition coefficient (Wildman–Crippen LogP) is 0.414. The van der Waals surface area contributed by atoms with E-state index in [0.717, 1.165) is 31.9 Å². The highest BCUT2D eigenvalue weighted by molar-refractivity contribution is 7.92. The molecule has 10 heteroatoms. The number of carbonyl (C=O) groups is 1. The standard InChI is InChI=1S/C18H21N5O4S/c24-18-15-12-14(1-2-16(15)27-10-7-21-18)28(25,26)22-17-11-13(3-4-20-17)23-8-5-19-6-9-23/h1-4,11-12,19H,5-10H2,(H,20,22)(H,21,24). The van der Waals surface area contributed by atoms with Gasteiger partial charge in [-0.25, -0.2) is 13.4 Å². The summed E-state index contributed by atoms with van der Waals surface area (Å²) in [4.78, 5) is 18.4. The smallest absolute Gasteiger partial charge is 0.263 e. The fourth-order valence-corrected chi connectivity index (χ4v) is 4.22. The first-order chi connectivity index (χ1) is 13.5. The second-order valence-electron chi connectivity index (χ2n) is 6.50. The second kappa shape index (κ2) is 7.64. The zero-order chi connectivity index (χ0) is 19.6. The number of nitrogens with zero attached hydrogens (tertiary/aromatic N) is 2. The van der Waals surface area contributed by atoms with Crippen molar-refractivity contribution >= 4 is 27.4 Å². The van der Waals surface area contributed by atoms with E-state index in [9.17, 15) is 13.2 Å². The van der Waals surface area contributed by atoms with Crippen LogP contribution in [0, 0.1) is 0 Å². The molecular formula is C18H21N5O4S. The molecule has 1 fully saturated rings. The number of carbonyl (C=O) groups excluding carboxylic acids is 1.